The van der Waals surface area contributed by atoms with Crippen molar-refractivity contribution in [2.45, 2.75) is 6.54 Å². The van der Waals surface area contributed by atoms with Crippen LogP contribution in [-0.2, 0) is 16.8 Å². The third kappa shape index (κ3) is 3.34. The topological polar surface area (TPSA) is 95.7 Å². The number of nitrogens with zero attached hydrogens (tertiary/aromatic N) is 5. The van der Waals surface area contributed by atoms with Gasteiger partial charge in [0, 0.05) is 45.7 Å². The van der Waals surface area contributed by atoms with Crippen LogP contribution in [-0.4, -0.2) is 72.2 Å². The first-order valence-electron chi connectivity index (χ1n) is 7.79. The van der Waals surface area contributed by atoms with Gasteiger partial charge in [-0.1, -0.05) is 12.1 Å². The third-order valence-corrected chi connectivity index (χ3v) is 6.10. The van der Waals surface area contributed by atoms with Crippen molar-refractivity contribution in [2.75, 3.05) is 46.0 Å². The smallest absolute Gasteiger partial charge is 0.281 e. The molecule has 1 aromatic carbocycles. The number of hydrogen-bond donors (Lipinski definition) is 1. The number of hydrogen-bond acceptors (Lipinski definition) is 6. The lowest BCUT2D eigenvalue weighted by Gasteiger charge is -2.34. The molecule has 0 bridgehead atoms. The van der Waals surface area contributed by atoms with E-state index in [1.165, 1.54) is 8.61 Å². The fourth-order valence-corrected chi connectivity index (χ4v) is 3.86. The Balaban J connectivity index is 1.69. The van der Waals surface area contributed by atoms with E-state index in [2.05, 4.69) is 14.9 Å². The molecule has 0 radical (unpaired) electrons. The molecule has 130 valence electrons. The summed E-state index contributed by atoms with van der Waals surface area (Å²) in [6, 6.07) is 7.65. The quantitative estimate of drug-likeness (QED) is 0.842. The molecule has 2 heterocycles. The molecule has 0 aliphatic carbocycles. The highest BCUT2D eigenvalue weighted by atomic mass is 32.2. The lowest BCUT2D eigenvalue weighted by atomic mass is 10.2. The molecule has 2 aromatic rings. The van der Waals surface area contributed by atoms with Gasteiger partial charge in [0.25, 0.3) is 10.2 Å². The van der Waals surface area contributed by atoms with Crippen molar-refractivity contribution in [3.8, 4) is 0 Å². The largest absolute Gasteiger partial charge is 0.383 e. The fraction of sp³-hybridized carbons (Fsp3) is 0.467. The minimum atomic E-state index is -3.34. The first kappa shape index (κ1) is 17.0. The molecule has 24 heavy (non-hydrogen) atoms. The lowest BCUT2D eigenvalue weighted by Crippen LogP contribution is -2.51. The summed E-state index contributed by atoms with van der Waals surface area (Å²) in [5, 5.41) is 0.850. The zero-order valence-corrected chi connectivity index (χ0v) is 14.7. The van der Waals surface area contributed by atoms with Gasteiger partial charge in [-0.15, -0.1) is 0 Å². The van der Waals surface area contributed by atoms with E-state index in [-0.39, 0.29) is 0 Å². The summed E-state index contributed by atoms with van der Waals surface area (Å²) >= 11 is 0. The molecule has 8 nitrogen and oxygen atoms in total. The van der Waals surface area contributed by atoms with E-state index in [0.29, 0.717) is 44.4 Å². The highest BCUT2D eigenvalue weighted by Gasteiger charge is 2.28. The van der Waals surface area contributed by atoms with Crippen LogP contribution in [0.4, 0.5) is 5.82 Å². The van der Waals surface area contributed by atoms with Gasteiger partial charge in [0.05, 0.1) is 12.1 Å². The van der Waals surface area contributed by atoms with Crippen molar-refractivity contribution in [2.24, 2.45) is 0 Å². The van der Waals surface area contributed by atoms with Gasteiger partial charge >= 0.3 is 0 Å². The second-order valence-electron chi connectivity index (χ2n) is 6.01. The van der Waals surface area contributed by atoms with E-state index in [0.717, 1.165) is 10.9 Å². The van der Waals surface area contributed by atoms with Gasteiger partial charge in [-0.05, 0) is 12.1 Å². The van der Waals surface area contributed by atoms with Crippen molar-refractivity contribution in [3.63, 3.8) is 0 Å². The van der Waals surface area contributed by atoms with Crippen LogP contribution in [0.25, 0.3) is 10.9 Å². The Bertz CT molecular complexity index is 831. The van der Waals surface area contributed by atoms with Gasteiger partial charge < -0.3 is 5.73 Å². The number of para-hydroxylation sites is 1. The summed E-state index contributed by atoms with van der Waals surface area (Å²) in [4.78, 5) is 11.1. The molecule has 1 aliphatic heterocycles. The van der Waals surface area contributed by atoms with Crippen molar-refractivity contribution in [3.05, 3.63) is 30.1 Å². The molecule has 1 fully saturated rings. The van der Waals surface area contributed by atoms with Crippen LogP contribution in [0.15, 0.2) is 24.3 Å². The van der Waals surface area contributed by atoms with Crippen LogP contribution in [0.2, 0.25) is 0 Å². The monoisotopic (exact) mass is 350 g/mol. The molecule has 0 atom stereocenters. The highest BCUT2D eigenvalue weighted by molar-refractivity contribution is 7.86. The number of aromatic nitrogens is 2. The third-order valence-electron chi connectivity index (χ3n) is 4.16. The molecule has 1 saturated heterocycles. The summed E-state index contributed by atoms with van der Waals surface area (Å²) in [5.74, 6) is 1.14. The maximum Gasteiger partial charge on any atom is 0.281 e. The Hall–Kier alpha value is -1.81. The van der Waals surface area contributed by atoms with Crippen LogP contribution >= 0.6 is 0 Å². The van der Waals surface area contributed by atoms with E-state index >= 15 is 0 Å². The molecule has 0 amide bonds. The summed E-state index contributed by atoms with van der Waals surface area (Å²) in [7, 11) is -0.245. The van der Waals surface area contributed by atoms with Crippen molar-refractivity contribution in [1.82, 2.24) is 23.5 Å². The Morgan fingerprint density at radius 1 is 1.12 bits per heavy atom. The average Bonchev–Trinajstić information content (AvgIpc) is 2.55. The van der Waals surface area contributed by atoms with Gasteiger partial charge in [0.2, 0.25) is 0 Å². The lowest BCUT2D eigenvalue weighted by molar-refractivity contribution is 0.174. The Morgan fingerprint density at radius 3 is 2.46 bits per heavy atom. The molecule has 9 heteroatoms. The van der Waals surface area contributed by atoms with Crippen LogP contribution in [0, 0.1) is 0 Å². The van der Waals surface area contributed by atoms with Crippen molar-refractivity contribution >= 4 is 26.9 Å². The SMILES string of the molecule is CN(C)S(=O)(=O)N1CCN(Cc2nc(N)c3ccccc3n2)CC1. The van der Waals surface area contributed by atoms with Gasteiger partial charge in [-0.2, -0.15) is 17.0 Å². The zero-order valence-electron chi connectivity index (χ0n) is 13.9. The van der Waals surface area contributed by atoms with E-state index in [1.807, 2.05) is 24.3 Å². The molecule has 1 aliphatic rings. The number of anilines is 1. The van der Waals surface area contributed by atoms with Crippen LogP contribution < -0.4 is 5.73 Å². The number of benzene rings is 1. The minimum absolute atomic E-state index is 0.462. The first-order chi connectivity index (χ1) is 11.4. The van der Waals surface area contributed by atoms with Gasteiger partial charge in [-0.3, -0.25) is 4.90 Å². The van der Waals surface area contributed by atoms with Gasteiger partial charge in [0.1, 0.15) is 11.6 Å². The molecule has 0 spiro atoms. The van der Waals surface area contributed by atoms with Gasteiger partial charge in [-0.25, -0.2) is 9.97 Å². The molecule has 0 unspecified atom stereocenters. The maximum atomic E-state index is 12.1. The molecular weight excluding hydrogens is 328 g/mol. The van der Waals surface area contributed by atoms with E-state index in [9.17, 15) is 8.42 Å². The average molecular weight is 350 g/mol. The molecule has 2 N–H and O–H groups in total. The van der Waals surface area contributed by atoms with Crippen LogP contribution in [0.5, 0.6) is 0 Å². The normalized spacial score (nSPS) is 17.6. The summed E-state index contributed by atoms with van der Waals surface area (Å²) in [6.45, 7) is 2.77. The number of fused-ring (bicyclic) bond motifs is 1. The van der Waals surface area contributed by atoms with E-state index in [1.54, 1.807) is 14.1 Å². The van der Waals surface area contributed by atoms with E-state index in [4.69, 9.17) is 5.73 Å². The molecule has 0 saturated carbocycles. The molecule has 1 aromatic heterocycles. The highest BCUT2D eigenvalue weighted by Crippen LogP contribution is 2.18. The van der Waals surface area contributed by atoms with Crippen molar-refractivity contribution < 1.29 is 8.42 Å². The first-order valence-corrected chi connectivity index (χ1v) is 9.19. The summed E-state index contributed by atoms with van der Waals surface area (Å²) in [5.41, 5.74) is 6.84. The standard InChI is InChI=1S/C15H22N6O2S/c1-19(2)24(22,23)21-9-7-20(8-10-21)11-14-17-13-6-4-3-5-12(13)15(16)18-14/h3-6H,7-11H2,1-2H3,(H2,16,17,18). The predicted molar refractivity (Wildman–Crippen MR) is 93.4 cm³/mol. The van der Waals surface area contributed by atoms with Crippen LogP contribution in [0.3, 0.4) is 0 Å². The minimum Gasteiger partial charge on any atom is -0.383 e. The number of piperazine rings is 1. The zero-order chi connectivity index (χ0) is 17.3. The fourth-order valence-electron chi connectivity index (χ4n) is 2.77. The number of rotatable bonds is 4. The van der Waals surface area contributed by atoms with Gasteiger partial charge in [0.15, 0.2) is 0 Å². The molecular formula is C15H22N6O2S. The second kappa shape index (κ2) is 6.60. The summed E-state index contributed by atoms with van der Waals surface area (Å²) < 4.78 is 27.0. The Labute approximate surface area is 142 Å². The molecule has 3 rings (SSSR count). The van der Waals surface area contributed by atoms with Crippen LogP contribution in [0.1, 0.15) is 5.82 Å². The summed E-state index contributed by atoms with van der Waals surface area (Å²) in [6.07, 6.45) is 0. The Morgan fingerprint density at radius 2 is 1.79 bits per heavy atom. The number of nitrogen functional groups attached to an aromatic ring is 1. The van der Waals surface area contributed by atoms with E-state index < -0.39 is 10.2 Å². The Kier molecular flexibility index (Phi) is 4.68. The maximum absolute atomic E-state index is 12.1. The number of nitrogens with two attached hydrogens (primary N) is 1. The second-order valence-corrected chi connectivity index (χ2v) is 8.15. The predicted octanol–water partition coefficient (Wildman–Crippen LogP) is 0.136. The van der Waals surface area contributed by atoms with Crippen molar-refractivity contribution in [1.29, 1.82) is 0 Å².